The number of hydrogen-bond donors (Lipinski definition) is 1. The number of ether oxygens (including phenoxy) is 1. The lowest BCUT2D eigenvalue weighted by Gasteiger charge is -2.38. The van der Waals surface area contributed by atoms with E-state index in [2.05, 4.69) is 26.4 Å². The van der Waals surface area contributed by atoms with Crippen LogP contribution in [0.3, 0.4) is 0 Å². The summed E-state index contributed by atoms with van der Waals surface area (Å²) in [5.74, 6) is 1.56. The average Bonchev–Trinajstić information content (AvgIpc) is 3.22. The van der Waals surface area contributed by atoms with Crippen molar-refractivity contribution >= 4 is 17.6 Å². The van der Waals surface area contributed by atoms with Gasteiger partial charge >= 0.3 is 0 Å². The molecule has 154 valence electrons. The second-order valence-corrected chi connectivity index (χ2v) is 7.40. The van der Waals surface area contributed by atoms with Crippen LogP contribution in [0.5, 0.6) is 5.75 Å². The van der Waals surface area contributed by atoms with Gasteiger partial charge in [-0.2, -0.15) is 10.4 Å². The second kappa shape index (κ2) is 8.13. The van der Waals surface area contributed by atoms with Crippen LogP contribution in [0.2, 0.25) is 0 Å². The fourth-order valence-corrected chi connectivity index (χ4v) is 3.94. The zero-order valence-corrected chi connectivity index (χ0v) is 17.1. The molecule has 4 heterocycles. The monoisotopic (exact) mass is 404 g/mol. The molecule has 0 aromatic carbocycles. The average molecular weight is 404 g/mol. The second-order valence-electron chi connectivity index (χ2n) is 7.40. The van der Waals surface area contributed by atoms with Crippen LogP contribution in [-0.4, -0.2) is 53.2 Å². The summed E-state index contributed by atoms with van der Waals surface area (Å²) < 4.78 is 7.35. The highest BCUT2D eigenvalue weighted by molar-refractivity contribution is 5.85. The molecule has 30 heavy (non-hydrogen) atoms. The third-order valence-corrected chi connectivity index (χ3v) is 5.78. The maximum Gasteiger partial charge on any atom is 0.140 e. The van der Waals surface area contributed by atoms with Gasteiger partial charge in [0.15, 0.2) is 0 Å². The Kier molecular flexibility index (Phi) is 5.38. The molecule has 8 heteroatoms. The highest BCUT2D eigenvalue weighted by atomic mass is 16.5. The predicted octanol–water partition coefficient (Wildman–Crippen LogP) is 2.42. The van der Waals surface area contributed by atoms with Crippen LogP contribution in [0, 0.1) is 11.3 Å². The fourth-order valence-electron chi connectivity index (χ4n) is 3.94. The smallest absolute Gasteiger partial charge is 0.140 e. The highest BCUT2D eigenvalue weighted by Crippen LogP contribution is 2.32. The molecule has 8 nitrogen and oxygen atoms in total. The van der Waals surface area contributed by atoms with Crippen LogP contribution in [0.25, 0.3) is 16.6 Å². The summed E-state index contributed by atoms with van der Waals surface area (Å²) >= 11 is 0. The Morgan fingerprint density at radius 3 is 2.73 bits per heavy atom. The zero-order valence-electron chi connectivity index (χ0n) is 17.1. The van der Waals surface area contributed by atoms with Crippen LogP contribution < -0.4 is 15.0 Å². The van der Waals surface area contributed by atoms with Gasteiger partial charge in [0.25, 0.3) is 0 Å². The first-order chi connectivity index (χ1) is 14.6. The van der Waals surface area contributed by atoms with Gasteiger partial charge < -0.3 is 19.7 Å². The van der Waals surface area contributed by atoms with Crippen LogP contribution in [0.1, 0.15) is 25.3 Å². The number of rotatable bonds is 6. The van der Waals surface area contributed by atoms with Gasteiger partial charge in [-0.3, -0.25) is 0 Å². The zero-order chi connectivity index (χ0) is 21.1. The number of nitriles is 1. The number of hydrogen-bond acceptors (Lipinski definition) is 7. The van der Waals surface area contributed by atoms with E-state index >= 15 is 0 Å². The number of piperidine rings is 1. The Labute approximate surface area is 175 Å². The van der Waals surface area contributed by atoms with Crippen molar-refractivity contribution in [3.05, 3.63) is 42.4 Å². The number of nitrogens with zero attached hydrogens (tertiary/aromatic N) is 5. The van der Waals surface area contributed by atoms with Crippen molar-refractivity contribution in [2.75, 3.05) is 31.6 Å². The Hall–Kier alpha value is -3.44. The van der Waals surface area contributed by atoms with Crippen LogP contribution in [0.15, 0.2) is 36.8 Å². The third-order valence-electron chi connectivity index (χ3n) is 5.78. The van der Waals surface area contributed by atoms with Crippen molar-refractivity contribution in [3.8, 4) is 22.9 Å². The van der Waals surface area contributed by atoms with Gasteiger partial charge in [-0.05, 0) is 45.0 Å². The first-order valence-corrected chi connectivity index (χ1v) is 10.0. The number of carbonyl (C=O) groups is 1. The lowest BCUT2D eigenvalue weighted by molar-refractivity contribution is -0.113. The van der Waals surface area contributed by atoms with Gasteiger partial charge in [0.2, 0.25) is 0 Å². The Bertz CT molecular complexity index is 1090. The molecule has 1 aliphatic heterocycles. The van der Waals surface area contributed by atoms with Crippen LogP contribution in [0.4, 0.5) is 5.82 Å². The van der Waals surface area contributed by atoms with E-state index in [9.17, 15) is 10.1 Å². The largest absolute Gasteiger partial charge is 0.492 e. The molecule has 3 aromatic heterocycles. The van der Waals surface area contributed by atoms with E-state index in [1.807, 2.05) is 38.4 Å². The maximum absolute atomic E-state index is 11.4. The minimum atomic E-state index is -0.433. The summed E-state index contributed by atoms with van der Waals surface area (Å²) in [7, 11) is 1.83. The van der Waals surface area contributed by atoms with E-state index in [4.69, 9.17) is 4.74 Å². The van der Waals surface area contributed by atoms with Gasteiger partial charge in [-0.1, -0.05) is 0 Å². The fraction of sp³-hybridized carbons (Fsp3) is 0.364. The summed E-state index contributed by atoms with van der Waals surface area (Å²) in [6.45, 7) is 3.99. The first-order valence-electron chi connectivity index (χ1n) is 10.0. The molecular weight excluding hydrogens is 380 g/mol. The number of anilines is 1. The number of likely N-dealkylation sites (N-methyl/N-ethyl adjacent to an activating group) is 1. The van der Waals surface area contributed by atoms with Gasteiger partial charge in [0.05, 0.1) is 35.6 Å². The molecule has 0 unspecified atom stereocenters. The third kappa shape index (κ3) is 3.48. The lowest BCUT2D eigenvalue weighted by Crippen LogP contribution is -2.53. The van der Waals surface area contributed by atoms with Crippen LogP contribution >= 0.6 is 0 Å². The number of nitrogens with one attached hydrogen (secondary N) is 1. The maximum atomic E-state index is 11.4. The number of fused-ring (bicyclic) bond motifs is 1. The molecule has 0 bridgehead atoms. The van der Waals surface area contributed by atoms with E-state index in [1.54, 1.807) is 16.9 Å². The van der Waals surface area contributed by atoms with Crippen molar-refractivity contribution in [1.29, 1.82) is 5.26 Å². The molecule has 1 fully saturated rings. The number of aromatic nitrogens is 3. The number of carbonyl (C=O) groups excluding carboxylic acids is 1. The lowest BCUT2D eigenvalue weighted by atomic mass is 9.89. The SMILES string of the molecule is CCOc1cc(-c2ccc(N3CCC(C=O)(NC)CC3)nc2)c2c(C#N)cnn2c1. The summed E-state index contributed by atoms with van der Waals surface area (Å²) in [4.78, 5) is 18.3. The van der Waals surface area contributed by atoms with Gasteiger partial charge in [0.1, 0.15) is 23.9 Å². The van der Waals surface area contributed by atoms with E-state index in [0.29, 0.717) is 17.9 Å². The van der Waals surface area contributed by atoms with Crippen molar-refractivity contribution in [1.82, 2.24) is 19.9 Å². The normalized spacial score (nSPS) is 15.7. The molecule has 1 saturated heterocycles. The summed E-state index contributed by atoms with van der Waals surface area (Å²) in [5.41, 5.74) is 2.54. The van der Waals surface area contributed by atoms with Gasteiger partial charge in [0, 0.05) is 30.4 Å². The summed E-state index contributed by atoms with van der Waals surface area (Å²) in [6.07, 6.45) is 7.67. The van der Waals surface area contributed by atoms with E-state index < -0.39 is 5.54 Å². The first kappa shape index (κ1) is 19.9. The van der Waals surface area contributed by atoms with Gasteiger partial charge in [-0.15, -0.1) is 0 Å². The summed E-state index contributed by atoms with van der Waals surface area (Å²) in [6, 6.07) is 8.11. The molecule has 4 rings (SSSR count). The Morgan fingerprint density at radius 2 is 2.13 bits per heavy atom. The Balaban J connectivity index is 1.65. The molecule has 0 amide bonds. The van der Waals surface area contributed by atoms with Crippen molar-refractivity contribution in [3.63, 3.8) is 0 Å². The van der Waals surface area contributed by atoms with Gasteiger partial charge in [-0.25, -0.2) is 9.50 Å². The molecule has 0 spiro atoms. The molecule has 1 aliphatic rings. The standard InChI is InChI=1S/C22H24N6O2/c1-3-30-18-10-19(21-17(11-23)13-26-28(21)14-18)16-4-5-20(25-12-16)27-8-6-22(15-29,24-2)7-9-27/h4-5,10,12-15,24H,3,6-9H2,1-2H3. The molecular formula is C22H24N6O2. The minimum absolute atomic E-state index is 0.433. The van der Waals surface area contributed by atoms with Crippen molar-refractivity contribution in [2.45, 2.75) is 25.3 Å². The molecule has 0 atom stereocenters. The minimum Gasteiger partial charge on any atom is -0.492 e. The quantitative estimate of drug-likeness (QED) is 0.630. The van der Waals surface area contributed by atoms with E-state index in [1.165, 1.54) is 0 Å². The number of aldehydes is 1. The highest BCUT2D eigenvalue weighted by Gasteiger charge is 2.33. The van der Waals surface area contributed by atoms with Crippen LogP contribution in [-0.2, 0) is 4.79 Å². The molecule has 0 aliphatic carbocycles. The topological polar surface area (TPSA) is 95.5 Å². The van der Waals surface area contributed by atoms with E-state index in [-0.39, 0.29) is 0 Å². The molecule has 3 aromatic rings. The van der Waals surface area contributed by atoms with Crippen molar-refractivity contribution < 1.29 is 9.53 Å². The summed E-state index contributed by atoms with van der Waals surface area (Å²) in [5, 5.41) is 16.9. The Morgan fingerprint density at radius 1 is 1.33 bits per heavy atom. The molecule has 1 N–H and O–H groups in total. The molecule has 0 radical (unpaired) electrons. The predicted molar refractivity (Wildman–Crippen MR) is 114 cm³/mol. The van der Waals surface area contributed by atoms with Crippen molar-refractivity contribution in [2.24, 2.45) is 0 Å². The number of pyridine rings is 2. The van der Waals surface area contributed by atoms with E-state index in [0.717, 1.165) is 54.7 Å². The molecule has 0 saturated carbocycles.